The Bertz CT molecular complexity index is 620. The first-order chi connectivity index (χ1) is 9.06. The van der Waals surface area contributed by atoms with E-state index in [0.717, 1.165) is 0 Å². The van der Waals surface area contributed by atoms with Crippen molar-refractivity contribution in [1.29, 1.82) is 0 Å². The molecule has 0 saturated heterocycles. The van der Waals surface area contributed by atoms with Gasteiger partial charge >= 0.3 is 0 Å². The number of rotatable bonds is 4. The summed E-state index contributed by atoms with van der Waals surface area (Å²) >= 11 is 3.91. The monoisotopic (exact) mass is 280 g/mol. The molecule has 1 heterocycles. The highest BCUT2D eigenvalue weighted by atomic mass is 32.1. The standard InChI is InChI=1S/C12H12N2O4S/c15-10(6-19)12(16)8-3-4-9(14(17)18)7-2-1-5-13-11(7)8/h1-5,10,12,15-16,19H,6H2. The van der Waals surface area contributed by atoms with Gasteiger partial charge in [-0.1, -0.05) is 0 Å². The van der Waals surface area contributed by atoms with Crippen LogP contribution in [0.3, 0.4) is 0 Å². The second-order valence-electron chi connectivity index (χ2n) is 4.03. The van der Waals surface area contributed by atoms with Crippen LogP contribution in [0.4, 0.5) is 5.69 Å². The lowest BCUT2D eigenvalue weighted by molar-refractivity contribution is -0.383. The van der Waals surface area contributed by atoms with Crippen LogP contribution in [0.2, 0.25) is 0 Å². The van der Waals surface area contributed by atoms with E-state index in [4.69, 9.17) is 0 Å². The Morgan fingerprint density at radius 1 is 1.37 bits per heavy atom. The van der Waals surface area contributed by atoms with Crippen molar-refractivity contribution in [3.63, 3.8) is 0 Å². The number of pyridine rings is 1. The molecule has 0 bridgehead atoms. The molecular weight excluding hydrogens is 268 g/mol. The van der Waals surface area contributed by atoms with Crippen molar-refractivity contribution in [3.8, 4) is 0 Å². The van der Waals surface area contributed by atoms with Crippen molar-refractivity contribution in [2.75, 3.05) is 5.75 Å². The molecule has 0 aliphatic carbocycles. The summed E-state index contributed by atoms with van der Waals surface area (Å²) in [7, 11) is 0. The normalized spacial score (nSPS) is 14.3. The Kier molecular flexibility index (Phi) is 3.98. The zero-order chi connectivity index (χ0) is 14.0. The first-order valence-electron chi connectivity index (χ1n) is 5.55. The topological polar surface area (TPSA) is 96.5 Å². The van der Waals surface area contributed by atoms with Crippen molar-refractivity contribution in [2.45, 2.75) is 12.2 Å². The molecule has 0 fully saturated rings. The zero-order valence-electron chi connectivity index (χ0n) is 9.80. The van der Waals surface area contributed by atoms with E-state index >= 15 is 0 Å². The number of hydrogen-bond donors (Lipinski definition) is 3. The molecule has 2 N–H and O–H groups in total. The summed E-state index contributed by atoms with van der Waals surface area (Å²) < 4.78 is 0. The third-order valence-electron chi connectivity index (χ3n) is 2.84. The van der Waals surface area contributed by atoms with Crippen LogP contribution in [0.15, 0.2) is 30.5 Å². The minimum Gasteiger partial charge on any atom is -0.389 e. The molecule has 0 radical (unpaired) electrons. The van der Waals surface area contributed by atoms with Gasteiger partial charge in [0.25, 0.3) is 5.69 Å². The molecule has 0 aliphatic rings. The first-order valence-corrected chi connectivity index (χ1v) is 6.18. The minimum atomic E-state index is -1.18. The lowest BCUT2D eigenvalue weighted by Gasteiger charge is -2.17. The Labute approximate surface area is 114 Å². The maximum Gasteiger partial charge on any atom is 0.278 e. The maximum absolute atomic E-state index is 10.9. The van der Waals surface area contributed by atoms with Gasteiger partial charge in [0.05, 0.1) is 21.9 Å². The SMILES string of the molecule is O=[N+]([O-])c1ccc(C(O)C(O)CS)c2ncccc12. The van der Waals surface area contributed by atoms with Crippen LogP contribution < -0.4 is 0 Å². The highest BCUT2D eigenvalue weighted by molar-refractivity contribution is 7.80. The number of fused-ring (bicyclic) bond motifs is 1. The fourth-order valence-corrected chi connectivity index (χ4v) is 2.08. The van der Waals surface area contributed by atoms with Gasteiger partial charge in [-0.2, -0.15) is 12.6 Å². The van der Waals surface area contributed by atoms with Crippen molar-refractivity contribution in [3.05, 3.63) is 46.1 Å². The van der Waals surface area contributed by atoms with Crippen LogP contribution in [0.1, 0.15) is 11.7 Å². The maximum atomic E-state index is 10.9. The van der Waals surface area contributed by atoms with Gasteiger partial charge in [0.15, 0.2) is 0 Å². The number of aliphatic hydroxyl groups excluding tert-OH is 2. The predicted molar refractivity (Wildman–Crippen MR) is 73.2 cm³/mol. The molecule has 2 aromatic rings. The number of nitrogens with zero attached hydrogens (tertiary/aromatic N) is 2. The summed E-state index contributed by atoms with van der Waals surface area (Å²) in [5.74, 6) is 0.0759. The molecule has 1 aromatic heterocycles. The average molecular weight is 280 g/mol. The molecule has 100 valence electrons. The van der Waals surface area contributed by atoms with E-state index in [-0.39, 0.29) is 11.4 Å². The number of non-ortho nitro benzene ring substituents is 1. The number of nitro benzene ring substituents is 1. The highest BCUT2D eigenvalue weighted by Crippen LogP contribution is 2.31. The van der Waals surface area contributed by atoms with Gasteiger partial charge in [-0.3, -0.25) is 15.1 Å². The van der Waals surface area contributed by atoms with Gasteiger partial charge in [-0.15, -0.1) is 0 Å². The minimum absolute atomic E-state index is 0.0759. The van der Waals surface area contributed by atoms with E-state index in [1.54, 1.807) is 12.1 Å². The quantitative estimate of drug-likeness (QED) is 0.447. The third-order valence-corrected chi connectivity index (χ3v) is 3.22. The summed E-state index contributed by atoms with van der Waals surface area (Å²) in [5, 5.41) is 30.9. The summed E-state index contributed by atoms with van der Waals surface area (Å²) in [6, 6.07) is 5.85. The van der Waals surface area contributed by atoms with Crippen LogP contribution in [-0.4, -0.2) is 32.0 Å². The van der Waals surface area contributed by atoms with E-state index < -0.39 is 17.1 Å². The number of hydrogen-bond acceptors (Lipinski definition) is 6. The molecule has 0 amide bonds. The molecule has 1 aromatic carbocycles. The molecule has 0 aliphatic heterocycles. The highest BCUT2D eigenvalue weighted by Gasteiger charge is 2.23. The van der Waals surface area contributed by atoms with Crippen LogP contribution in [0.5, 0.6) is 0 Å². The van der Waals surface area contributed by atoms with Crippen molar-refractivity contribution < 1.29 is 15.1 Å². The van der Waals surface area contributed by atoms with Crippen LogP contribution >= 0.6 is 12.6 Å². The molecule has 6 nitrogen and oxygen atoms in total. The molecule has 7 heteroatoms. The smallest absolute Gasteiger partial charge is 0.278 e. The van der Waals surface area contributed by atoms with E-state index in [1.807, 2.05) is 0 Å². The Balaban J connectivity index is 2.65. The van der Waals surface area contributed by atoms with Gasteiger partial charge < -0.3 is 10.2 Å². The second-order valence-corrected chi connectivity index (χ2v) is 4.39. The zero-order valence-corrected chi connectivity index (χ0v) is 10.7. The average Bonchev–Trinajstić information content (AvgIpc) is 2.44. The molecule has 0 spiro atoms. The van der Waals surface area contributed by atoms with Gasteiger partial charge in [-0.05, 0) is 18.2 Å². The van der Waals surface area contributed by atoms with Crippen LogP contribution in [-0.2, 0) is 0 Å². The Morgan fingerprint density at radius 3 is 2.74 bits per heavy atom. The molecular formula is C12H12N2O4S. The third kappa shape index (κ3) is 2.53. The molecule has 0 saturated carbocycles. The van der Waals surface area contributed by atoms with Crippen molar-refractivity contribution >= 4 is 29.2 Å². The summed E-state index contributed by atoms with van der Waals surface area (Å²) in [5.41, 5.74) is 0.576. The second kappa shape index (κ2) is 5.52. The number of thiol groups is 1. The van der Waals surface area contributed by atoms with Crippen LogP contribution in [0.25, 0.3) is 10.9 Å². The predicted octanol–water partition coefficient (Wildman–Crippen LogP) is 1.47. The Hall–Kier alpha value is -1.70. The van der Waals surface area contributed by atoms with E-state index in [1.165, 1.54) is 18.3 Å². The van der Waals surface area contributed by atoms with Gasteiger partial charge in [0, 0.05) is 23.6 Å². The van der Waals surface area contributed by atoms with Crippen LogP contribution in [0, 0.1) is 10.1 Å². The number of aromatic nitrogens is 1. The van der Waals surface area contributed by atoms with Gasteiger partial charge in [0.2, 0.25) is 0 Å². The largest absolute Gasteiger partial charge is 0.389 e. The molecule has 2 unspecified atom stereocenters. The van der Waals surface area contributed by atoms with Gasteiger partial charge in [0.1, 0.15) is 6.10 Å². The summed E-state index contributed by atoms with van der Waals surface area (Å²) in [6.07, 6.45) is -0.763. The summed E-state index contributed by atoms with van der Waals surface area (Å²) in [4.78, 5) is 14.5. The molecule has 19 heavy (non-hydrogen) atoms. The van der Waals surface area contributed by atoms with E-state index in [2.05, 4.69) is 17.6 Å². The molecule has 2 rings (SSSR count). The summed E-state index contributed by atoms with van der Waals surface area (Å²) in [6.45, 7) is 0. The van der Waals surface area contributed by atoms with E-state index in [9.17, 15) is 20.3 Å². The fourth-order valence-electron chi connectivity index (χ4n) is 1.88. The lowest BCUT2D eigenvalue weighted by Crippen LogP contribution is -2.20. The van der Waals surface area contributed by atoms with Crippen molar-refractivity contribution in [1.82, 2.24) is 4.98 Å². The molecule has 2 atom stereocenters. The fraction of sp³-hybridized carbons (Fsp3) is 0.250. The Morgan fingerprint density at radius 2 is 2.11 bits per heavy atom. The lowest BCUT2D eigenvalue weighted by atomic mass is 10.0. The number of nitro groups is 1. The van der Waals surface area contributed by atoms with E-state index in [0.29, 0.717) is 16.5 Å². The number of aliphatic hydroxyl groups is 2. The van der Waals surface area contributed by atoms with Gasteiger partial charge in [-0.25, -0.2) is 0 Å². The first kappa shape index (κ1) is 13.7. The van der Waals surface area contributed by atoms with Crippen molar-refractivity contribution in [2.24, 2.45) is 0 Å². The number of benzene rings is 1.